The number of rotatable bonds is 3. The lowest BCUT2D eigenvalue weighted by molar-refractivity contribution is 0.255. The first-order chi connectivity index (χ1) is 10.6. The van der Waals surface area contributed by atoms with E-state index in [2.05, 4.69) is 33.7 Å². The fraction of sp³-hybridized carbons (Fsp3) is 0.438. The highest BCUT2D eigenvalue weighted by Gasteiger charge is 2.18. The molecule has 0 atom stereocenters. The molecule has 22 heavy (non-hydrogen) atoms. The minimum Gasteiger partial charge on any atom is -0.339 e. The molecule has 2 aliphatic rings. The van der Waals surface area contributed by atoms with Gasteiger partial charge in [0.2, 0.25) is 0 Å². The highest BCUT2D eigenvalue weighted by molar-refractivity contribution is 6.29. The predicted molar refractivity (Wildman–Crippen MR) is 90.2 cm³/mol. The summed E-state index contributed by atoms with van der Waals surface area (Å²) in [5.74, 6) is 1.47. The third-order valence-corrected chi connectivity index (χ3v) is 4.34. The van der Waals surface area contributed by atoms with Gasteiger partial charge in [0.25, 0.3) is 0 Å². The van der Waals surface area contributed by atoms with Crippen LogP contribution in [0, 0.1) is 0 Å². The summed E-state index contributed by atoms with van der Waals surface area (Å²) in [4.78, 5) is 6.93. The Bertz CT molecular complexity index is 573. The van der Waals surface area contributed by atoms with Gasteiger partial charge in [-0.3, -0.25) is 10.4 Å². The first kappa shape index (κ1) is 15.2. The van der Waals surface area contributed by atoms with Crippen LogP contribution in [0.15, 0.2) is 41.5 Å². The molecule has 2 N–H and O–H groups in total. The summed E-state index contributed by atoms with van der Waals surface area (Å²) >= 11 is 6.01. The zero-order valence-electron chi connectivity index (χ0n) is 13.0. The Balaban J connectivity index is 1.65. The van der Waals surface area contributed by atoms with Crippen molar-refractivity contribution in [3.63, 3.8) is 0 Å². The van der Waals surface area contributed by atoms with Crippen molar-refractivity contribution in [2.45, 2.75) is 18.8 Å². The molecular weight excluding hydrogens is 298 g/mol. The Kier molecular flexibility index (Phi) is 4.55. The van der Waals surface area contributed by atoms with Crippen LogP contribution < -0.4 is 10.7 Å². The maximum atomic E-state index is 6.01. The summed E-state index contributed by atoms with van der Waals surface area (Å²) < 4.78 is 0. The highest BCUT2D eigenvalue weighted by atomic mass is 35.5. The second kappa shape index (κ2) is 6.58. The first-order valence-electron chi connectivity index (χ1n) is 7.60. The molecule has 2 aliphatic heterocycles. The molecule has 3 rings (SSSR count). The third-order valence-electron chi connectivity index (χ3n) is 4.15. The quantitative estimate of drug-likeness (QED) is 0.839. The Labute approximate surface area is 136 Å². The predicted octanol–water partition coefficient (Wildman–Crippen LogP) is 2.67. The summed E-state index contributed by atoms with van der Waals surface area (Å²) in [6.45, 7) is 2.33. The minimum absolute atomic E-state index is 0.579. The van der Waals surface area contributed by atoms with Crippen molar-refractivity contribution in [3.05, 3.63) is 47.0 Å². The third kappa shape index (κ3) is 3.72. The Morgan fingerprint density at radius 3 is 2.68 bits per heavy atom. The van der Waals surface area contributed by atoms with Gasteiger partial charge in [0.15, 0.2) is 0 Å². The molecule has 0 bridgehead atoms. The van der Waals surface area contributed by atoms with E-state index in [1.165, 1.54) is 31.5 Å². The number of hydrogen-bond donors (Lipinski definition) is 2. The van der Waals surface area contributed by atoms with Crippen LogP contribution in [0.2, 0.25) is 0 Å². The maximum absolute atomic E-state index is 6.01. The molecule has 0 aromatic carbocycles. The van der Waals surface area contributed by atoms with E-state index < -0.39 is 0 Å². The monoisotopic (exact) mass is 319 g/mol. The number of allylic oxidation sites excluding steroid dienone is 1. The average Bonchev–Trinajstić information content (AvgIpc) is 2.48. The van der Waals surface area contributed by atoms with Gasteiger partial charge in [-0.2, -0.15) is 0 Å². The van der Waals surface area contributed by atoms with Gasteiger partial charge in [0.05, 0.1) is 5.70 Å². The molecule has 1 fully saturated rings. The second-order valence-corrected chi connectivity index (χ2v) is 6.39. The number of hydrogen-bond acceptors (Lipinski definition) is 5. The van der Waals surface area contributed by atoms with Crippen LogP contribution in [0.1, 0.15) is 24.3 Å². The van der Waals surface area contributed by atoms with Crippen molar-refractivity contribution in [2.24, 2.45) is 0 Å². The lowest BCUT2D eigenvalue weighted by atomic mass is 9.91. The van der Waals surface area contributed by atoms with Crippen LogP contribution in [0.25, 0.3) is 0 Å². The van der Waals surface area contributed by atoms with E-state index in [1.54, 1.807) is 5.01 Å². The van der Waals surface area contributed by atoms with Crippen molar-refractivity contribution in [3.8, 4) is 0 Å². The van der Waals surface area contributed by atoms with Gasteiger partial charge in [-0.15, -0.1) is 0 Å². The van der Waals surface area contributed by atoms with Gasteiger partial charge in [-0.1, -0.05) is 17.7 Å². The Morgan fingerprint density at radius 1 is 1.27 bits per heavy atom. The summed E-state index contributed by atoms with van der Waals surface area (Å²) in [5.41, 5.74) is 5.21. The zero-order valence-corrected chi connectivity index (χ0v) is 13.8. The number of halogens is 1. The number of hydrazine groups is 1. The van der Waals surface area contributed by atoms with Gasteiger partial charge in [-0.25, -0.2) is 4.98 Å². The summed E-state index contributed by atoms with van der Waals surface area (Å²) in [7, 11) is 4.08. The smallest absolute Gasteiger partial charge is 0.130 e. The number of pyridine rings is 1. The zero-order chi connectivity index (χ0) is 15.5. The molecule has 3 heterocycles. The fourth-order valence-corrected chi connectivity index (χ4v) is 3.15. The van der Waals surface area contributed by atoms with Crippen LogP contribution in [-0.2, 0) is 0 Å². The van der Waals surface area contributed by atoms with Crippen LogP contribution in [0.3, 0.4) is 0 Å². The lowest BCUT2D eigenvalue weighted by Crippen LogP contribution is -2.31. The van der Waals surface area contributed by atoms with E-state index >= 15 is 0 Å². The standard InChI is InChI=1S/C16H22ClN5/c1-21-7-5-12(6-8-21)13-3-4-16(18-10-13)19-14-9-15(17)20-22(2)11-14/h3-4,9-12,20H,5-8H2,1-2H3,(H,18,19). The summed E-state index contributed by atoms with van der Waals surface area (Å²) in [6, 6.07) is 4.22. The summed E-state index contributed by atoms with van der Waals surface area (Å²) in [5, 5.41) is 5.66. The van der Waals surface area contributed by atoms with E-state index in [-0.39, 0.29) is 0 Å². The number of likely N-dealkylation sites (tertiary alicyclic amines) is 1. The van der Waals surface area contributed by atoms with Crippen molar-refractivity contribution in [1.29, 1.82) is 0 Å². The van der Waals surface area contributed by atoms with Crippen molar-refractivity contribution in [2.75, 3.05) is 32.5 Å². The van der Waals surface area contributed by atoms with Gasteiger partial charge < -0.3 is 10.2 Å². The van der Waals surface area contributed by atoms with Gasteiger partial charge in [-0.05, 0) is 56.6 Å². The minimum atomic E-state index is 0.579. The molecule has 6 heteroatoms. The molecule has 0 saturated carbocycles. The van der Waals surface area contributed by atoms with Gasteiger partial charge in [0.1, 0.15) is 11.0 Å². The van der Waals surface area contributed by atoms with E-state index in [1.807, 2.05) is 31.6 Å². The van der Waals surface area contributed by atoms with Gasteiger partial charge >= 0.3 is 0 Å². The first-order valence-corrected chi connectivity index (χ1v) is 7.98. The molecule has 5 nitrogen and oxygen atoms in total. The molecular formula is C16H22ClN5. The molecule has 0 amide bonds. The molecule has 0 unspecified atom stereocenters. The normalized spacial score (nSPS) is 20.2. The number of aromatic nitrogens is 1. The van der Waals surface area contributed by atoms with Gasteiger partial charge in [0, 0.05) is 19.4 Å². The Hall–Kier alpha value is -1.72. The molecule has 0 spiro atoms. The molecule has 0 radical (unpaired) electrons. The van der Waals surface area contributed by atoms with Crippen molar-refractivity contribution >= 4 is 17.4 Å². The van der Waals surface area contributed by atoms with E-state index in [0.29, 0.717) is 11.1 Å². The average molecular weight is 320 g/mol. The largest absolute Gasteiger partial charge is 0.339 e. The molecule has 1 saturated heterocycles. The number of nitrogens with one attached hydrogen (secondary N) is 2. The lowest BCUT2D eigenvalue weighted by Gasteiger charge is -2.29. The highest BCUT2D eigenvalue weighted by Crippen LogP contribution is 2.27. The number of nitrogens with zero attached hydrogens (tertiary/aromatic N) is 3. The van der Waals surface area contributed by atoms with E-state index in [9.17, 15) is 0 Å². The molecule has 0 aliphatic carbocycles. The Morgan fingerprint density at radius 2 is 2.05 bits per heavy atom. The number of piperidine rings is 1. The van der Waals surface area contributed by atoms with Crippen LogP contribution >= 0.6 is 11.6 Å². The molecule has 118 valence electrons. The molecule has 1 aromatic heterocycles. The van der Waals surface area contributed by atoms with Crippen LogP contribution in [0.4, 0.5) is 5.82 Å². The second-order valence-electron chi connectivity index (χ2n) is 5.98. The van der Waals surface area contributed by atoms with Crippen LogP contribution in [0.5, 0.6) is 0 Å². The fourth-order valence-electron chi connectivity index (χ4n) is 2.89. The molecule has 1 aromatic rings. The van der Waals surface area contributed by atoms with Crippen molar-refractivity contribution < 1.29 is 0 Å². The maximum Gasteiger partial charge on any atom is 0.130 e. The van der Waals surface area contributed by atoms with E-state index in [4.69, 9.17) is 11.6 Å². The topological polar surface area (TPSA) is 43.4 Å². The van der Waals surface area contributed by atoms with Crippen LogP contribution in [-0.4, -0.2) is 42.1 Å². The van der Waals surface area contributed by atoms with Crippen molar-refractivity contribution in [1.82, 2.24) is 20.3 Å². The SMILES string of the molecule is CN1CCC(c2ccc(NC3=CN(C)NC(Cl)=C3)nc2)CC1. The number of anilines is 1. The van der Waals surface area contributed by atoms with E-state index in [0.717, 1.165) is 11.5 Å². The summed E-state index contributed by atoms with van der Waals surface area (Å²) in [6.07, 6.45) is 8.19.